The zero-order chi connectivity index (χ0) is 10.4. The van der Waals surface area contributed by atoms with Gasteiger partial charge in [-0.3, -0.25) is 0 Å². The van der Waals surface area contributed by atoms with E-state index in [0.717, 1.165) is 19.3 Å². The van der Waals surface area contributed by atoms with Crippen LogP contribution in [0.25, 0.3) is 0 Å². The molecule has 0 bridgehead atoms. The predicted molar refractivity (Wildman–Crippen MR) is 55.8 cm³/mol. The van der Waals surface area contributed by atoms with Crippen LogP contribution < -0.4 is 0 Å². The minimum absolute atomic E-state index is 0.243. The first-order chi connectivity index (χ1) is 6.44. The molecular formula is C12H22O2. The maximum Gasteiger partial charge on any atom is 0.168 e. The van der Waals surface area contributed by atoms with Gasteiger partial charge in [-0.15, -0.1) is 0 Å². The quantitative estimate of drug-likeness (QED) is 0.648. The Kier molecular flexibility index (Phi) is 2.39. The van der Waals surface area contributed by atoms with Crippen molar-refractivity contribution in [2.75, 3.05) is 6.61 Å². The first-order valence-electron chi connectivity index (χ1n) is 5.80. The highest BCUT2D eigenvalue weighted by Gasteiger charge is 2.51. The van der Waals surface area contributed by atoms with Crippen molar-refractivity contribution in [1.29, 1.82) is 0 Å². The summed E-state index contributed by atoms with van der Waals surface area (Å²) in [4.78, 5) is 0. The van der Waals surface area contributed by atoms with E-state index >= 15 is 0 Å². The highest BCUT2D eigenvalue weighted by molar-refractivity contribution is 4.95. The molecule has 0 radical (unpaired) electrons. The van der Waals surface area contributed by atoms with E-state index in [2.05, 4.69) is 20.8 Å². The molecule has 0 aromatic rings. The summed E-state index contributed by atoms with van der Waals surface area (Å²) in [7, 11) is 0. The van der Waals surface area contributed by atoms with Crippen LogP contribution in [-0.2, 0) is 4.74 Å². The molecule has 1 saturated heterocycles. The molecule has 1 aliphatic carbocycles. The fourth-order valence-corrected chi connectivity index (χ4v) is 3.25. The smallest absolute Gasteiger partial charge is 0.168 e. The van der Waals surface area contributed by atoms with E-state index in [1.165, 1.54) is 6.42 Å². The first kappa shape index (κ1) is 10.4. The summed E-state index contributed by atoms with van der Waals surface area (Å²) in [6.45, 7) is 7.45. The van der Waals surface area contributed by atoms with Crippen LogP contribution >= 0.6 is 0 Å². The fourth-order valence-electron chi connectivity index (χ4n) is 3.25. The Labute approximate surface area is 86.6 Å². The molecule has 0 aromatic carbocycles. The number of ether oxygens (including phenoxy) is 1. The van der Waals surface area contributed by atoms with Gasteiger partial charge in [-0.25, -0.2) is 0 Å². The van der Waals surface area contributed by atoms with E-state index in [1.54, 1.807) is 0 Å². The fraction of sp³-hybridized carbons (Fsp3) is 1.00. The molecule has 2 nitrogen and oxygen atoms in total. The van der Waals surface area contributed by atoms with E-state index in [1.807, 2.05) is 0 Å². The van der Waals surface area contributed by atoms with Gasteiger partial charge in [0.2, 0.25) is 0 Å². The van der Waals surface area contributed by atoms with Crippen molar-refractivity contribution in [2.24, 2.45) is 17.3 Å². The molecule has 2 aliphatic rings. The molecule has 2 rings (SSSR count). The molecule has 0 amide bonds. The second-order valence-corrected chi connectivity index (χ2v) is 5.87. The van der Waals surface area contributed by atoms with Crippen molar-refractivity contribution in [2.45, 2.75) is 52.2 Å². The summed E-state index contributed by atoms with van der Waals surface area (Å²) in [5.41, 5.74) is 0.243. The molecule has 1 heterocycles. The van der Waals surface area contributed by atoms with Crippen LogP contribution in [0, 0.1) is 17.3 Å². The van der Waals surface area contributed by atoms with E-state index in [0.29, 0.717) is 18.4 Å². The molecule has 14 heavy (non-hydrogen) atoms. The average molecular weight is 198 g/mol. The third-order valence-corrected chi connectivity index (χ3v) is 4.18. The molecule has 1 aliphatic heterocycles. The average Bonchev–Trinajstić information content (AvgIpc) is 2.00. The normalized spacial score (nSPS) is 47.1. The lowest BCUT2D eigenvalue weighted by Crippen LogP contribution is -2.55. The van der Waals surface area contributed by atoms with E-state index in [9.17, 15) is 5.11 Å². The predicted octanol–water partition coefficient (Wildman–Crippen LogP) is 2.56. The van der Waals surface area contributed by atoms with Crippen molar-refractivity contribution in [1.82, 2.24) is 0 Å². The number of rotatable bonds is 0. The van der Waals surface area contributed by atoms with Gasteiger partial charge in [-0.2, -0.15) is 0 Å². The third kappa shape index (κ3) is 1.59. The monoisotopic (exact) mass is 198 g/mol. The van der Waals surface area contributed by atoms with Crippen LogP contribution in [0.15, 0.2) is 0 Å². The Hall–Kier alpha value is -0.0800. The second kappa shape index (κ2) is 3.21. The SMILES string of the molecule is CC1CCC2C(C)(C)CCOC2(O)C1. The lowest BCUT2D eigenvalue weighted by molar-refractivity contribution is -0.305. The number of hydrogen-bond donors (Lipinski definition) is 1. The molecule has 3 unspecified atom stereocenters. The lowest BCUT2D eigenvalue weighted by Gasteiger charge is -2.52. The Bertz CT molecular complexity index is 224. The Morgan fingerprint density at radius 2 is 2.00 bits per heavy atom. The maximum absolute atomic E-state index is 10.5. The number of aliphatic hydroxyl groups is 1. The van der Waals surface area contributed by atoms with Gasteiger partial charge in [0.15, 0.2) is 5.79 Å². The van der Waals surface area contributed by atoms with Gasteiger partial charge in [0.05, 0.1) is 6.61 Å². The van der Waals surface area contributed by atoms with Gasteiger partial charge >= 0.3 is 0 Å². The van der Waals surface area contributed by atoms with Crippen LogP contribution in [0.4, 0.5) is 0 Å². The molecule has 0 spiro atoms. The topological polar surface area (TPSA) is 29.5 Å². The zero-order valence-electron chi connectivity index (χ0n) is 9.55. The minimum atomic E-state index is -0.820. The van der Waals surface area contributed by atoms with E-state index in [4.69, 9.17) is 4.74 Å². The highest BCUT2D eigenvalue weighted by atomic mass is 16.6. The molecule has 3 atom stereocenters. The van der Waals surface area contributed by atoms with Crippen molar-refractivity contribution >= 4 is 0 Å². The van der Waals surface area contributed by atoms with Gasteiger partial charge in [-0.05, 0) is 24.2 Å². The molecule has 82 valence electrons. The lowest BCUT2D eigenvalue weighted by atomic mass is 9.63. The summed E-state index contributed by atoms with van der Waals surface area (Å²) in [6.07, 6.45) is 4.25. The first-order valence-corrected chi connectivity index (χ1v) is 5.80. The van der Waals surface area contributed by atoms with Crippen molar-refractivity contribution < 1.29 is 9.84 Å². The van der Waals surface area contributed by atoms with Crippen LogP contribution in [0.3, 0.4) is 0 Å². The van der Waals surface area contributed by atoms with Crippen molar-refractivity contribution in [3.8, 4) is 0 Å². The highest BCUT2D eigenvalue weighted by Crippen LogP contribution is 2.51. The van der Waals surface area contributed by atoms with Crippen LogP contribution in [-0.4, -0.2) is 17.5 Å². The molecule has 2 heteroatoms. The summed E-state index contributed by atoms with van der Waals surface area (Å²) in [5, 5.41) is 10.5. The molecular weight excluding hydrogens is 176 g/mol. The number of hydrogen-bond acceptors (Lipinski definition) is 2. The molecule has 0 aromatic heterocycles. The molecule has 1 N–H and O–H groups in total. The third-order valence-electron chi connectivity index (χ3n) is 4.18. The van der Waals surface area contributed by atoms with Crippen LogP contribution in [0.1, 0.15) is 46.5 Å². The van der Waals surface area contributed by atoms with E-state index < -0.39 is 5.79 Å². The van der Waals surface area contributed by atoms with Gasteiger partial charge in [0.1, 0.15) is 0 Å². The van der Waals surface area contributed by atoms with Gasteiger partial charge in [0, 0.05) is 12.3 Å². The Morgan fingerprint density at radius 1 is 1.29 bits per heavy atom. The van der Waals surface area contributed by atoms with E-state index in [-0.39, 0.29) is 5.41 Å². The standard InChI is InChI=1S/C12H22O2/c1-9-4-5-10-11(2,3)6-7-14-12(10,13)8-9/h9-10,13H,4-8H2,1-3H3. The second-order valence-electron chi connectivity index (χ2n) is 5.87. The van der Waals surface area contributed by atoms with Crippen LogP contribution in [0.2, 0.25) is 0 Å². The summed E-state index contributed by atoms with van der Waals surface area (Å²) >= 11 is 0. The van der Waals surface area contributed by atoms with Crippen molar-refractivity contribution in [3.63, 3.8) is 0 Å². The van der Waals surface area contributed by atoms with Gasteiger partial charge < -0.3 is 9.84 Å². The summed E-state index contributed by atoms with van der Waals surface area (Å²) in [6, 6.07) is 0. The minimum Gasteiger partial charge on any atom is -0.365 e. The van der Waals surface area contributed by atoms with Crippen molar-refractivity contribution in [3.05, 3.63) is 0 Å². The van der Waals surface area contributed by atoms with Crippen LogP contribution in [0.5, 0.6) is 0 Å². The maximum atomic E-state index is 10.5. The van der Waals surface area contributed by atoms with Gasteiger partial charge in [0.25, 0.3) is 0 Å². The largest absolute Gasteiger partial charge is 0.365 e. The molecule has 1 saturated carbocycles. The Balaban J connectivity index is 2.21. The summed E-state index contributed by atoms with van der Waals surface area (Å²) < 4.78 is 5.63. The molecule has 2 fully saturated rings. The van der Waals surface area contributed by atoms with Gasteiger partial charge in [-0.1, -0.05) is 27.2 Å². The summed E-state index contributed by atoms with van der Waals surface area (Å²) in [5.74, 6) is 0.115. The number of fused-ring (bicyclic) bond motifs is 1. The Morgan fingerprint density at radius 3 is 2.71 bits per heavy atom. The zero-order valence-corrected chi connectivity index (χ0v) is 9.55.